The smallest absolute Gasteiger partial charge is 0.462 e. The highest BCUT2D eigenvalue weighted by Crippen LogP contribution is 2.45. The zero-order chi connectivity index (χ0) is 75.3. The van der Waals surface area contributed by atoms with Crippen LogP contribution in [0.3, 0.4) is 0 Å². The van der Waals surface area contributed by atoms with E-state index in [1.165, 1.54) is 231 Å². The van der Waals surface area contributed by atoms with Gasteiger partial charge in [0.05, 0.1) is 26.4 Å². The van der Waals surface area contributed by atoms with Crippen molar-refractivity contribution in [1.82, 2.24) is 0 Å². The molecule has 0 saturated heterocycles. The fraction of sp³-hybridized carbons (Fsp3) is 0.952. The molecule has 8 atom stereocenters. The molecule has 0 aliphatic heterocycles. The number of carbonyl (C=O) groups excluding carboxylic acids is 4. The number of esters is 4. The van der Waals surface area contributed by atoms with Gasteiger partial charge >= 0.3 is 39.5 Å². The van der Waals surface area contributed by atoms with Crippen molar-refractivity contribution < 1.29 is 80.2 Å². The zero-order valence-corrected chi connectivity index (χ0v) is 69.0. The molecule has 19 heteroatoms. The van der Waals surface area contributed by atoms with Gasteiger partial charge in [0, 0.05) is 25.7 Å². The van der Waals surface area contributed by atoms with Crippen molar-refractivity contribution >= 4 is 39.5 Å². The Hall–Kier alpha value is -1.94. The maximum absolute atomic E-state index is 13.1. The van der Waals surface area contributed by atoms with Crippen molar-refractivity contribution in [2.45, 2.75) is 446 Å². The second-order valence-electron chi connectivity index (χ2n) is 31.1. The summed E-state index contributed by atoms with van der Waals surface area (Å²) in [5.74, 6) is 1.10. The van der Waals surface area contributed by atoms with Crippen LogP contribution < -0.4 is 0 Å². The normalized spacial score (nSPS) is 14.8. The van der Waals surface area contributed by atoms with Crippen LogP contribution in [0.4, 0.5) is 0 Å². The van der Waals surface area contributed by atoms with E-state index in [1.807, 2.05) is 0 Å². The number of unbranched alkanes of at least 4 members (excludes halogenated alkanes) is 43. The molecule has 0 aromatic carbocycles. The van der Waals surface area contributed by atoms with Crippen molar-refractivity contribution in [3.8, 4) is 0 Å². The van der Waals surface area contributed by atoms with E-state index < -0.39 is 97.5 Å². The van der Waals surface area contributed by atoms with E-state index in [-0.39, 0.29) is 25.7 Å². The SMILES string of the molecule is CCC(C)CCCCCCCCCCCCCCCCCCCCC(=O)O[C@H](COC(=O)CCCCCCCCCCCCCCCC(C)C)COP(=O)(O)OC[C@@H](O)COP(=O)(O)OC[C@@H](COC(=O)CCCCCCCCCCC(C)CC)OC(=O)CCCCCCCCCCC(C)CC. The minimum atomic E-state index is -4.96. The number of aliphatic hydroxyl groups excluding tert-OH is 1. The van der Waals surface area contributed by atoms with Crippen molar-refractivity contribution in [2.75, 3.05) is 39.6 Å². The van der Waals surface area contributed by atoms with Crippen LogP contribution in [0.25, 0.3) is 0 Å². The predicted octanol–water partition coefficient (Wildman–Crippen LogP) is 24.8. The largest absolute Gasteiger partial charge is 0.472 e. The van der Waals surface area contributed by atoms with Gasteiger partial charge in [-0.05, 0) is 49.4 Å². The monoisotopic (exact) mass is 1490 g/mol. The second kappa shape index (κ2) is 72.0. The fourth-order valence-corrected chi connectivity index (χ4v) is 14.3. The number of hydrogen-bond donors (Lipinski definition) is 3. The van der Waals surface area contributed by atoms with Gasteiger partial charge in [0.2, 0.25) is 0 Å². The molecule has 0 rings (SSSR count). The van der Waals surface area contributed by atoms with E-state index in [9.17, 15) is 43.2 Å². The molecular formula is C83H162O17P2. The maximum Gasteiger partial charge on any atom is 0.472 e. The third-order valence-electron chi connectivity index (χ3n) is 20.4. The molecule has 0 aromatic heterocycles. The van der Waals surface area contributed by atoms with Crippen LogP contribution in [0.2, 0.25) is 0 Å². The average Bonchev–Trinajstić information content (AvgIpc) is 0.976. The molecular weight excluding hydrogens is 1330 g/mol. The van der Waals surface area contributed by atoms with Gasteiger partial charge in [-0.25, -0.2) is 9.13 Å². The zero-order valence-electron chi connectivity index (χ0n) is 67.2. The number of aliphatic hydroxyl groups is 1. The Morgan fingerprint density at radius 3 is 0.696 bits per heavy atom. The third kappa shape index (κ3) is 72.3. The van der Waals surface area contributed by atoms with Gasteiger partial charge in [-0.3, -0.25) is 37.3 Å². The first kappa shape index (κ1) is 100. The standard InChI is InChI=1S/C83H162O17P2/c1-9-74(6)60-52-44-36-28-24-20-16-14-12-13-15-17-21-26-30-41-49-57-65-82(87)99-78(69-93-80(85)63-55-47-39-29-25-22-18-19-23-27-35-43-51-59-73(4)5)71-97-101(89,90)95-67-77(84)68-96-102(91,92)98-72-79(100-83(88)66-58-50-42-34-32-38-46-54-62-76(8)11-3)70-94-81(86)64-56-48-40-33-31-37-45-53-61-75(7)10-2/h73-79,84H,9-72H2,1-8H3,(H,89,90)(H,91,92)/t74?,75?,76?,77-,78-,79-/m1/s1. The molecule has 3 N–H and O–H groups in total. The van der Waals surface area contributed by atoms with Crippen LogP contribution in [0.1, 0.15) is 428 Å². The fourth-order valence-electron chi connectivity index (χ4n) is 12.7. The van der Waals surface area contributed by atoms with Crippen molar-refractivity contribution in [1.29, 1.82) is 0 Å². The quantitative estimate of drug-likeness (QED) is 0.0222. The number of phosphoric ester groups is 2. The number of hydrogen-bond acceptors (Lipinski definition) is 15. The molecule has 102 heavy (non-hydrogen) atoms. The van der Waals surface area contributed by atoms with Crippen LogP contribution in [0.5, 0.6) is 0 Å². The predicted molar refractivity (Wildman–Crippen MR) is 418 cm³/mol. The van der Waals surface area contributed by atoms with Gasteiger partial charge < -0.3 is 33.8 Å². The molecule has 0 aliphatic carbocycles. The lowest BCUT2D eigenvalue weighted by Crippen LogP contribution is -2.30. The van der Waals surface area contributed by atoms with Crippen molar-refractivity contribution in [2.24, 2.45) is 23.7 Å². The summed E-state index contributed by atoms with van der Waals surface area (Å²) < 4.78 is 68.8. The molecule has 0 amide bonds. The van der Waals surface area contributed by atoms with Gasteiger partial charge in [0.1, 0.15) is 19.3 Å². The minimum Gasteiger partial charge on any atom is -0.462 e. The molecule has 0 bridgehead atoms. The lowest BCUT2D eigenvalue weighted by atomic mass is 9.99. The Morgan fingerprint density at radius 2 is 0.471 bits per heavy atom. The molecule has 0 spiro atoms. The van der Waals surface area contributed by atoms with E-state index in [2.05, 4.69) is 55.4 Å². The summed E-state index contributed by atoms with van der Waals surface area (Å²) >= 11 is 0. The van der Waals surface area contributed by atoms with Crippen LogP contribution >= 0.6 is 15.6 Å². The molecule has 0 aromatic rings. The Kier molecular flexibility index (Phi) is 70.6. The van der Waals surface area contributed by atoms with E-state index in [0.29, 0.717) is 25.7 Å². The maximum atomic E-state index is 13.1. The second-order valence-corrected chi connectivity index (χ2v) is 34.0. The summed E-state index contributed by atoms with van der Waals surface area (Å²) in [6, 6.07) is 0. The van der Waals surface area contributed by atoms with E-state index in [0.717, 1.165) is 114 Å². The highest BCUT2D eigenvalue weighted by Gasteiger charge is 2.30. The summed E-state index contributed by atoms with van der Waals surface area (Å²) in [5, 5.41) is 10.7. The summed E-state index contributed by atoms with van der Waals surface area (Å²) in [4.78, 5) is 73.1. The van der Waals surface area contributed by atoms with Gasteiger partial charge in [0.15, 0.2) is 12.2 Å². The Balaban J connectivity index is 5.24. The first-order valence-electron chi connectivity index (χ1n) is 42.8. The summed E-state index contributed by atoms with van der Waals surface area (Å²) in [7, 11) is -9.93. The molecule has 0 fully saturated rings. The summed E-state index contributed by atoms with van der Waals surface area (Å²) in [6.07, 6.45) is 59.6. The van der Waals surface area contributed by atoms with E-state index in [1.54, 1.807) is 0 Å². The Morgan fingerprint density at radius 1 is 0.275 bits per heavy atom. The molecule has 17 nitrogen and oxygen atoms in total. The Labute approximate surface area is 626 Å². The molecule has 0 aliphatic rings. The van der Waals surface area contributed by atoms with Gasteiger partial charge in [0.25, 0.3) is 0 Å². The number of carbonyl (C=O) groups is 4. The molecule has 606 valence electrons. The first-order chi connectivity index (χ1) is 49.2. The molecule has 0 saturated carbocycles. The van der Waals surface area contributed by atoms with Crippen molar-refractivity contribution in [3.05, 3.63) is 0 Å². The van der Waals surface area contributed by atoms with Crippen LogP contribution in [0, 0.1) is 23.7 Å². The summed E-state index contributed by atoms with van der Waals surface area (Å²) in [6.45, 7) is 14.3. The van der Waals surface area contributed by atoms with Gasteiger partial charge in [-0.15, -0.1) is 0 Å². The molecule has 5 unspecified atom stereocenters. The van der Waals surface area contributed by atoms with Gasteiger partial charge in [-0.1, -0.05) is 376 Å². The third-order valence-corrected chi connectivity index (χ3v) is 22.3. The summed E-state index contributed by atoms with van der Waals surface area (Å²) in [5.41, 5.74) is 0. The highest BCUT2D eigenvalue weighted by molar-refractivity contribution is 7.47. The molecule has 0 radical (unpaired) electrons. The van der Waals surface area contributed by atoms with Crippen LogP contribution in [0.15, 0.2) is 0 Å². The minimum absolute atomic E-state index is 0.104. The molecule has 0 heterocycles. The van der Waals surface area contributed by atoms with E-state index >= 15 is 0 Å². The number of rotatable bonds is 80. The average molecular weight is 1490 g/mol. The van der Waals surface area contributed by atoms with Crippen LogP contribution in [-0.2, 0) is 65.4 Å². The Bertz CT molecular complexity index is 1990. The number of ether oxygens (including phenoxy) is 4. The number of phosphoric acid groups is 2. The highest BCUT2D eigenvalue weighted by atomic mass is 31.2. The van der Waals surface area contributed by atoms with Crippen molar-refractivity contribution in [3.63, 3.8) is 0 Å². The lowest BCUT2D eigenvalue weighted by molar-refractivity contribution is -0.161. The first-order valence-corrected chi connectivity index (χ1v) is 45.8. The lowest BCUT2D eigenvalue weighted by Gasteiger charge is -2.21. The van der Waals surface area contributed by atoms with Gasteiger partial charge in [-0.2, -0.15) is 0 Å². The topological polar surface area (TPSA) is 237 Å². The van der Waals surface area contributed by atoms with Crippen LogP contribution in [-0.4, -0.2) is 96.7 Å². The van der Waals surface area contributed by atoms with E-state index in [4.69, 9.17) is 37.0 Å².